The SMILES string of the molecule is CC(Cn1cn[nH]c1=S)N(C)C1CC1. The number of nitrogens with one attached hydrogen (secondary N) is 1. The molecule has 0 bridgehead atoms. The first-order valence-corrected chi connectivity index (χ1v) is 5.41. The van der Waals surface area contributed by atoms with Crippen molar-refractivity contribution >= 4 is 12.2 Å². The molecule has 2 rings (SSSR count). The number of aromatic nitrogens is 3. The van der Waals surface area contributed by atoms with Gasteiger partial charge < -0.3 is 4.57 Å². The zero-order chi connectivity index (χ0) is 10.1. The standard InChI is InChI=1S/C9H16N4S/c1-7(12(2)8-3-4-8)5-13-6-10-11-9(13)14/h6-8H,3-5H2,1-2H3,(H,11,14). The lowest BCUT2D eigenvalue weighted by Crippen LogP contribution is -2.34. The third kappa shape index (κ3) is 2.04. The van der Waals surface area contributed by atoms with Gasteiger partial charge in [-0.1, -0.05) is 0 Å². The van der Waals surface area contributed by atoms with E-state index in [1.807, 2.05) is 4.57 Å². The van der Waals surface area contributed by atoms with Gasteiger partial charge in [-0.3, -0.25) is 10.00 Å². The molecule has 0 aromatic carbocycles. The monoisotopic (exact) mass is 212 g/mol. The molecule has 0 radical (unpaired) electrons. The summed E-state index contributed by atoms with van der Waals surface area (Å²) in [5.41, 5.74) is 0. The van der Waals surface area contributed by atoms with Crippen molar-refractivity contribution in [3.8, 4) is 0 Å². The van der Waals surface area contributed by atoms with Gasteiger partial charge in [0.25, 0.3) is 0 Å². The minimum absolute atomic E-state index is 0.520. The van der Waals surface area contributed by atoms with Gasteiger partial charge in [0, 0.05) is 18.6 Å². The summed E-state index contributed by atoms with van der Waals surface area (Å²) in [7, 11) is 2.19. The quantitative estimate of drug-likeness (QED) is 0.767. The molecular weight excluding hydrogens is 196 g/mol. The lowest BCUT2D eigenvalue weighted by Gasteiger charge is -2.24. The predicted octanol–water partition coefficient (Wildman–Crippen LogP) is 1.42. The molecule has 4 nitrogen and oxygen atoms in total. The van der Waals surface area contributed by atoms with E-state index < -0.39 is 0 Å². The normalized spacial score (nSPS) is 18.8. The van der Waals surface area contributed by atoms with Crippen LogP contribution in [0.4, 0.5) is 0 Å². The van der Waals surface area contributed by atoms with Crippen molar-refractivity contribution in [3.05, 3.63) is 11.1 Å². The highest BCUT2D eigenvalue weighted by molar-refractivity contribution is 7.71. The molecule has 5 heteroatoms. The van der Waals surface area contributed by atoms with Gasteiger partial charge in [0.1, 0.15) is 6.33 Å². The number of likely N-dealkylation sites (N-methyl/N-ethyl adjacent to an activating group) is 1. The van der Waals surface area contributed by atoms with E-state index in [1.165, 1.54) is 12.8 Å². The summed E-state index contributed by atoms with van der Waals surface area (Å²) >= 11 is 5.10. The van der Waals surface area contributed by atoms with E-state index in [-0.39, 0.29) is 0 Å². The first kappa shape index (κ1) is 9.86. The van der Waals surface area contributed by atoms with Gasteiger partial charge in [-0.25, -0.2) is 0 Å². The van der Waals surface area contributed by atoms with Crippen LogP contribution in [0.5, 0.6) is 0 Å². The number of hydrogen-bond donors (Lipinski definition) is 1. The Morgan fingerprint density at radius 1 is 1.79 bits per heavy atom. The molecule has 0 spiro atoms. The van der Waals surface area contributed by atoms with Gasteiger partial charge in [-0.2, -0.15) is 5.10 Å². The Labute approximate surface area is 88.9 Å². The van der Waals surface area contributed by atoms with E-state index in [4.69, 9.17) is 12.2 Å². The molecule has 78 valence electrons. The average molecular weight is 212 g/mol. The minimum atomic E-state index is 0.520. The van der Waals surface area contributed by atoms with Crippen LogP contribution in [0.3, 0.4) is 0 Å². The number of hydrogen-bond acceptors (Lipinski definition) is 3. The number of rotatable bonds is 4. The lowest BCUT2D eigenvalue weighted by molar-refractivity contribution is 0.225. The van der Waals surface area contributed by atoms with Gasteiger partial charge in [-0.05, 0) is 39.0 Å². The van der Waals surface area contributed by atoms with Crippen molar-refractivity contribution in [2.45, 2.75) is 38.4 Å². The molecule has 1 aromatic rings. The summed E-state index contributed by atoms with van der Waals surface area (Å²) in [5, 5.41) is 6.68. The van der Waals surface area contributed by atoms with Crippen LogP contribution in [-0.4, -0.2) is 38.8 Å². The Kier molecular flexibility index (Phi) is 2.69. The average Bonchev–Trinajstić information content (AvgIpc) is 2.92. The molecule has 0 saturated heterocycles. The third-order valence-corrected chi connectivity index (χ3v) is 3.22. The molecule has 1 aromatic heterocycles. The fraction of sp³-hybridized carbons (Fsp3) is 0.778. The minimum Gasteiger partial charge on any atom is -0.305 e. The molecule has 1 fully saturated rings. The maximum atomic E-state index is 5.10. The van der Waals surface area contributed by atoms with Crippen molar-refractivity contribution in [2.75, 3.05) is 7.05 Å². The molecule has 0 amide bonds. The Bertz CT molecular complexity index is 352. The van der Waals surface area contributed by atoms with Gasteiger partial charge >= 0.3 is 0 Å². The number of aromatic amines is 1. The molecule has 1 atom stereocenters. The fourth-order valence-corrected chi connectivity index (χ4v) is 1.83. The summed E-state index contributed by atoms with van der Waals surface area (Å²) in [4.78, 5) is 2.43. The van der Waals surface area contributed by atoms with Crippen LogP contribution in [0.15, 0.2) is 6.33 Å². The Balaban J connectivity index is 1.96. The van der Waals surface area contributed by atoms with Crippen LogP contribution < -0.4 is 0 Å². The van der Waals surface area contributed by atoms with Crippen LogP contribution in [0.1, 0.15) is 19.8 Å². The van der Waals surface area contributed by atoms with E-state index in [9.17, 15) is 0 Å². The van der Waals surface area contributed by atoms with Gasteiger partial charge in [0.15, 0.2) is 4.77 Å². The molecule has 1 N–H and O–H groups in total. The second-order valence-electron chi connectivity index (χ2n) is 4.06. The molecule has 1 aliphatic rings. The van der Waals surface area contributed by atoms with Crippen molar-refractivity contribution in [1.82, 2.24) is 19.7 Å². The van der Waals surface area contributed by atoms with E-state index in [0.717, 1.165) is 12.6 Å². The van der Waals surface area contributed by atoms with Crippen LogP contribution in [0.2, 0.25) is 0 Å². The van der Waals surface area contributed by atoms with Crippen LogP contribution in [-0.2, 0) is 6.54 Å². The highest BCUT2D eigenvalue weighted by atomic mass is 32.1. The molecule has 14 heavy (non-hydrogen) atoms. The predicted molar refractivity (Wildman–Crippen MR) is 57.7 cm³/mol. The fourth-order valence-electron chi connectivity index (χ4n) is 1.66. The Morgan fingerprint density at radius 3 is 3.00 bits per heavy atom. The Hall–Kier alpha value is -0.680. The summed E-state index contributed by atoms with van der Waals surface area (Å²) in [6.07, 6.45) is 4.45. The smallest absolute Gasteiger partial charge is 0.194 e. The van der Waals surface area contributed by atoms with Gasteiger partial charge in [0.05, 0.1) is 0 Å². The van der Waals surface area contributed by atoms with Crippen molar-refractivity contribution in [3.63, 3.8) is 0 Å². The van der Waals surface area contributed by atoms with Gasteiger partial charge in [-0.15, -0.1) is 0 Å². The highest BCUT2D eigenvalue weighted by Crippen LogP contribution is 2.27. The van der Waals surface area contributed by atoms with Crippen LogP contribution >= 0.6 is 12.2 Å². The van der Waals surface area contributed by atoms with Crippen LogP contribution in [0.25, 0.3) is 0 Å². The first-order chi connectivity index (χ1) is 6.68. The second-order valence-corrected chi connectivity index (χ2v) is 4.45. The van der Waals surface area contributed by atoms with E-state index in [1.54, 1.807) is 6.33 Å². The summed E-state index contributed by atoms with van der Waals surface area (Å²) in [5.74, 6) is 0. The van der Waals surface area contributed by atoms with E-state index in [0.29, 0.717) is 10.8 Å². The molecule has 1 saturated carbocycles. The Morgan fingerprint density at radius 2 is 2.50 bits per heavy atom. The van der Waals surface area contributed by atoms with Crippen molar-refractivity contribution < 1.29 is 0 Å². The van der Waals surface area contributed by atoms with E-state index >= 15 is 0 Å². The molecule has 0 aliphatic heterocycles. The highest BCUT2D eigenvalue weighted by Gasteiger charge is 2.29. The maximum Gasteiger partial charge on any atom is 0.194 e. The van der Waals surface area contributed by atoms with Crippen molar-refractivity contribution in [2.24, 2.45) is 0 Å². The van der Waals surface area contributed by atoms with Gasteiger partial charge in [0.2, 0.25) is 0 Å². The molecule has 1 unspecified atom stereocenters. The maximum absolute atomic E-state index is 5.10. The number of nitrogens with zero attached hydrogens (tertiary/aromatic N) is 3. The third-order valence-electron chi connectivity index (χ3n) is 2.90. The summed E-state index contributed by atoms with van der Waals surface area (Å²) < 4.78 is 2.69. The zero-order valence-electron chi connectivity index (χ0n) is 8.60. The molecule has 1 aliphatic carbocycles. The summed E-state index contributed by atoms with van der Waals surface area (Å²) in [6.45, 7) is 3.15. The van der Waals surface area contributed by atoms with Crippen molar-refractivity contribution in [1.29, 1.82) is 0 Å². The zero-order valence-corrected chi connectivity index (χ0v) is 9.42. The summed E-state index contributed by atoms with van der Waals surface area (Å²) in [6, 6.07) is 1.32. The largest absolute Gasteiger partial charge is 0.305 e. The van der Waals surface area contributed by atoms with Crippen LogP contribution in [0, 0.1) is 4.77 Å². The number of H-pyrrole nitrogens is 1. The second kappa shape index (κ2) is 3.82. The lowest BCUT2D eigenvalue weighted by atomic mass is 10.3. The molecule has 1 heterocycles. The molecular formula is C9H16N4S. The topological polar surface area (TPSA) is 36.9 Å². The first-order valence-electron chi connectivity index (χ1n) is 5.00. The van der Waals surface area contributed by atoms with E-state index in [2.05, 4.69) is 29.1 Å².